The van der Waals surface area contributed by atoms with E-state index < -0.39 is 57.1 Å². The second kappa shape index (κ2) is 21.8. The third kappa shape index (κ3) is 12.6. The Labute approximate surface area is 380 Å². The predicted octanol–water partition coefficient (Wildman–Crippen LogP) is 9.18. The fourth-order valence-electron chi connectivity index (χ4n) is 5.88. The van der Waals surface area contributed by atoms with E-state index in [1.54, 1.807) is 45.0 Å². The third-order valence-electron chi connectivity index (χ3n) is 9.56. The zero-order chi connectivity index (χ0) is 48.2. The molecule has 0 fully saturated rings. The number of carbonyl (C=O) groups excluding carboxylic acids is 6. The molecule has 0 saturated heterocycles. The number of ether oxygens (including phenoxy) is 2. The minimum Gasteiger partial charge on any atom is -0.485 e. The van der Waals surface area contributed by atoms with Gasteiger partial charge in [0.2, 0.25) is 12.1 Å². The zero-order valence-corrected chi connectivity index (χ0v) is 36.5. The molecule has 2 unspecified atom stereocenters. The van der Waals surface area contributed by atoms with Gasteiger partial charge in [-0.05, 0) is 111 Å². The van der Waals surface area contributed by atoms with E-state index in [1.165, 1.54) is 79.7 Å². The maximum absolute atomic E-state index is 13.5. The van der Waals surface area contributed by atoms with E-state index in [2.05, 4.69) is 31.1 Å². The molecule has 20 nitrogen and oxygen atoms in total. The largest absolute Gasteiger partial charge is 0.485 e. The SMILES string of the molecule is CCc1cc(NC(=O)C(N=Nc2cc(C(=O)Oc3ccc([N+](=O)[O-])cc3)ccc2Cl)C(C)=O)c(C)cc1NC(=O)C(N=Nc1cc(C(=O)COc2ccc([N+](=O)[O-])cc2)ccc1C)C(C)=O. The molecule has 2 amide bonds. The van der Waals surface area contributed by atoms with E-state index >= 15 is 0 Å². The molecule has 0 aliphatic carbocycles. The van der Waals surface area contributed by atoms with Crippen LogP contribution >= 0.6 is 11.6 Å². The first-order valence-corrected chi connectivity index (χ1v) is 20.1. The van der Waals surface area contributed by atoms with Gasteiger partial charge in [0.25, 0.3) is 23.2 Å². The van der Waals surface area contributed by atoms with Crippen LogP contribution in [-0.4, -0.2) is 63.7 Å². The number of rotatable bonds is 19. The van der Waals surface area contributed by atoms with E-state index in [4.69, 9.17) is 21.1 Å². The lowest BCUT2D eigenvalue weighted by molar-refractivity contribution is -0.385. The smallest absolute Gasteiger partial charge is 0.343 e. The number of nitrogens with zero attached hydrogens (tertiary/aromatic N) is 6. The molecule has 2 atom stereocenters. The molecule has 5 aromatic carbocycles. The van der Waals surface area contributed by atoms with Gasteiger partial charge in [-0.2, -0.15) is 20.5 Å². The first-order valence-electron chi connectivity index (χ1n) is 19.7. The molecule has 0 spiro atoms. The van der Waals surface area contributed by atoms with Crippen LogP contribution in [0.5, 0.6) is 11.5 Å². The number of nitro groups is 2. The van der Waals surface area contributed by atoms with E-state index in [0.717, 1.165) is 6.92 Å². The Balaban J connectivity index is 1.26. The highest BCUT2D eigenvalue weighted by Gasteiger charge is 2.27. The first-order chi connectivity index (χ1) is 31.3. The van der Waals surface area contributed by atoms with Crippen LogP contribution in [-0.2, 0) is 25.6 Å². The third-order valence-corrected chi connectivity index (χ3v) is 9.88. The van der Waals surface area contributed by atoms with Gasteiger partial charge in [-0.3, -0.25) is 44.2 Å². The van der Waals surface area contributed by atoms with Gasteiger partial charge < -0.3 is 20.1 Å². The van der Waals surface area contributed by atoms with Crippen LogP contribution in [0.2, 0.25) is 5.02 Å². The second-order valence-corrected chi connectivity index (χ2v) is 14.8. The number of halogens is 1. The Morgan fingerprint density at radius 2 is 1.17 bits per heavy atom. The van der Waals surface area contributed by atoms with E-state index in [0.29, 0.717) is 28.8 Å². The number of benzene rings is 5. The molecule has 338 valence electrons. The van der Waals surface area contributed by atoms with Crippen molar-refractivity contribution >= 4 is 80.9 Å². The normalized spacial score (nSPS) is 12.0. The maximum atomic E-state index is 13.5. The Hall–Kier alpha value is -8.39. The summed E-state index contributed by atoms with van der Waals surface area (Å²) in [6.07, 6.45) is 0.344. The number of nitrogens with one attached hydrogen (secondary N) is 2. The van der Waals surface area contributed by atoms with Crippen molar-refractivity contribution in [1.82, 2.24) is 0 Å². The summed E-state index contributed by atoms with van der Waals surface area (Å²) in [5.41, 5.74) is 2.14. The molecular formula is C45H39ClN8O12. The van der Waals surface area contributed by atoms with Gasteiger partial charge in [-0.1, -0.05) is 30.7 Å². The summed E-state index contributed by atoms with van der Waals surface area (Å²) in [5, 5.41) is 43.3. The molecule has 0 aliphatic rings. The van der Waals surface area contributed by atoms with Crippen molar-refractivity contribution in [3.8, 4) is 11.5 Å². The average Bonchev–Trinajstić information content (AvgIpc) is 3.27. The number of hydrogen-bond donors (Lipinski definition) is 2. The van der Waals surface area contributed by atoms with Crippen LogP contribution in [0.25, 0.3) is 0 Å². The molecule has 0 bridgehead atoms. The van der Waals surface area contributed by atoms with E-state index in [1.807, 2.05) is 0 Å². The van der Waals surface area contributed by atoms with Crippen molar-refractivity contribution in [1.29, 1.82) is 0 Å². The molecule has 0 saturated carbocycles. The number of anilines is 2. The van der Waals surface area contributed by atoms with Crippen LogP contribution < -0.4 is 20.1 Å². The second-order valence-electron chi connectivity index (χ2n) is 14.4. The Morgan fingerprint density at radius 3 is 1.71 bits per heavy atom. The highest BCUT2D eigenvalue weighted by Crippen LogP contribution is 2.30. The fraction of sp³-hybridized carbons (Fsp3) is 0.200. The molecule has 0 aromatic heterocycles. The molecule has 66 heavy (non-hydrogen) atoms. The van der Waals surface area contributed by atoms with Crippen LogP contribution in [0.15, 0.2) is 118 Å². The molecule has 21 heteroatoms. The quantitative estimate of drug-likeness (QED) is 0.0149. The van der Waals surface area contributed by atoms with Gasteiger partial charge in [0.1, 0.15) is 17.2 Å². The van der Waals surface area contributed by atoms with Gasteiger partial charge in [0, 0.05) is 41.2 Å². The number of aryl methyl sites for hydroxylation is 3. The zero-order valence-electron chi connectivity index (χ0n) is 35.8. The number of nitro benzene ring substituents is 2. The van der Waals surface area contributed by atoms with Gasteiger partial charge in [-0.15, -0.1) is 0 Å². The Bertz CT molecular complexity index is 2810. The van der Waals surface area contributed by atoms with Crippen molar-refractivity contribution in [2.75, 3.05) is 17.2 Å². The Morgan fingerprint density at radius 1 is 0.652 bits per heavy atom. The van der Waals surface area contributed by atoms with Crippen molar-refractivity contribution in [3.63, 3.8) is 0 Å². The highest BCUT2D eigenvalue weighted by atomic mass is 35.5. The molecule has 5 rings (SSSR count). The number of non-ortho nitro benzene ring substituents is 2. The van der Waals surface area contributed by atoms with Gasteiger partial charge in [0.15, 0.2) is 24.0 Å². The van der Waals surface area contributed by atoms with Crippen molar-refractivity contribution in [2.45, 2.75) is 53.1 Å². The highest BCUT2D eigenvalue weighted by molar-refractivity contribution is 6.33. The molecule has 2 N–H and O–H groups in total. The van der Waals surface area contributed by atoms with Crippen molar-refractivity contribution in [3.05, 3.63) is 150 Å². The summed E-state index contributed by atoms with van der Waals surface area (Å²) in [5.74, 6) is -3.97. The van der Waals surface area contributed by atoms with Gasteiger partial charge in [-0.25, -0.2) is 4.79 Å². The number of ketones is 3. The Kier molecular flexibility index (Phi) is 16.1. The fourth-order valence-corrected chi connectivity index (χ4v) is 6.04. The lowest BCUT2D eigenvalue weighted by Crippen LogP contribution is -2.33. The number of esters is 1. The lowest BCUT2D eigenvalue weighted by Gasteiger charge is -2.17. The molecule has 5 aromatic rings. The summed E-state index contributed by atoms with van der Waals surface area (Å²) in [4.78, 5) is 98.8. The standard InChI is InChI=1S/C45H39ClN8O12/c1-6-28-20-36(47-43(58)41(26(4)55)52-50-39-22-30(9-18-35(39)46)45(60)66-34-16-12-32(13-17-34)54(63)64)25(3)19-38(28)48-44(59)42(27(5)56)51-49-37-21-29(8-7-24(37)2)40(57)23-65-33-14-10-31(11-15-33)53(61)62/h7-22,41-42H,6,23H2,1-5H3,(H,47,58)(H,48,59). The van der Waals surface area contributed by atoms with Crippen LogP contribution in [0.4, 0.5) is 34.1 Å². The monoisotopic (exact) mass is 918 g/mol. The summed E-state index contributed by atoms with van der Waals surface area (Å²) in [6.45, 7) is 7.03. The summed E-state index contributed by atoms with van der Waals surface area (Å²) >= 11 is 6.28. The predicted molar refractivity (Wildman–Crippen MR) is 239 cm³/mol. The van der Waals surface area contributed by atoms with Crippen LogP contribution in [0, 0.1) is 34.1 Å². The lowest BCUT2D eigenvalue weighted by atomic mass is 10.0. The summed E-state index contributed by atoms with van der Waals surface area (Å²) in [7, 11) is 0. The number of amides is 2. The first kappa shape index (κ1) is 48.6. The number of carbonyl (C=O) groups is 6. The number of Topliss-reactive ketones (excluding diaryl/α,β-unsaturated/α-hetero) is 3. The maximum Gasteiger partial charge on any atom is 0.343 e. The van der Waals surface area contributed by atoms with Gasteiger partial charge in [0.05, 0.1) is 26.1 Å². The van der Waals surface area contributed by atoms with Gasteiger partial charge >= 0.3 is 5.97 Å². The van der Waals surface area contributed by atoms with E-state index in [9.17, 15) is 49.0 Å². The van der Waals surface area contributed by atoms with Crippen molar-refractivity contribution in [2.24, 2.45) is 20.5 Å². The van der Waals surface area contributed by atoms with E-state index in [-0.39, 0.29) is 62.7 Å². The number of hydrogen-bond acceptors (Lipinski definition) is 16. The molecule has 0 aliphatic heterocycles. The minimum absolute atomic E-state index is 0.0244. The van der Waals surface area contributed by atoms with Crippen LogP contribution in [0.1, 0.15) is 58.2 Å². The topological polar surface area (TPSA) is 281 Å². The molecule has 0 radical (unpaired) electrons. The molecule has 0 heterocycles. The summed E-state index contributed by atoms with van der Waals surface area (Å²) < 4.78 is 10.8. The van der Waals surface area contributed by atoms with Crippen molar-refractivity contribution < 1.29 is 48.1 Å². The van der Waals surface area contributed by atoms with Crippen LogP contribution in [0.3, 0.4) is 0 Å². The number of azo groups is 2. The summed E-state index contributed by atoms with van der Waals surface area (Å²) in [6, 6.07) is 18.4. The molecular weight excluding hydrogens is 880 g/mol. The average molecular weight is 919 g/mol. The minimum atomic E-state index is -1.65.